The van der Waals surface area contributed by atoms with E-state index in [1.165, 1.54) is 17.2 Å². The Hall–Kier alpha value is -3.52. The Morgan fingerprint density at radius 1 is 1.04 bits per heavy atom. The van der Waals surface area contributed by atoms with Crippen LogP contribution in [0.2, 0.25) is 5.02 Å². The smallest absolute Gasteiger partial charge is 0.258 e. The van der Waals surface area contributed by atoms with Gasteiger partial charge in [0.15, 0.2) is 5.82 Å². The first-order valence-electron chi connectivity index (χ1n) is 7.63. The molecule has 1 aromatic carbocycles. The van der Waals surface area contributed by atoms with Crippen molar-refractivity contribution in [2.45, 2.75) is 0 Å². The third kappa shape index (κ3) is 3.17. The predicted molar refractivity (Wildman–Crippen MR) is 95.7 cm³/mol. The molecule has 1 N–H and O–H groups in total. The van der Waals surface area contributed by atoms with Crippen molar-refractivity contribution < 1.29 is 4.79 Å². The van der Waals surface area contributed by atoms with Crippen LogP contribution >= 0.6 is 11.6 Å². The molecule has 0 aliphatic carbocycles. The highest BCUT2D eigenvalue weighted by molar-refractivity contribution is 6.32. The van der Waals surface area contributed by atoms with Crippen LogP contribution in [0.15, 0.2) is 67.6 Å². The number of carbonyl (C=O) groups excluding carboxylic acids is 1. The number of benzene rings is 1. The first-order valence-corrected chi connectivity index (χ1v) is 8.00. The third-order valence-electron chi connectivity index (χ3n) is 3.60. The molecule has 0 fully saturated rings. The molecule has 4 rings (SSSR count). The van der Waals surface area contributed by atoms with Gasteiger partial charge >= 0.3 is 0 Å². The van der Waals surface area contributed by atoms with Crippen LogP contribution in [0.4, 0.5) is 5.69 Å². The Bertz CT molecular complexity index is 1040. The van der Waals surface area contributed by atoms with E-state index < -0.39 is 0 Å². The fourth-order valence-corrected chi connectivity index (χ4v) is 2.56. The number of rotatable bonds is 4. The average Bonchev–Trinajstić information content (AvgIpc) is 3.35. The lowest BCUT2D eigenvalue weighted by Crippen LogP contribution is -2.11. The monoisotopic (exact) mass is 365 g/mol. The van der Waals surface area contributed by atoms with Crippen LogP contribution in [0.1, 0.15) is 10.4 Å². The fraction of sp³-hybridized carbons (Fsp3) is 0. The number of aromatic nitrogens is 6. The second-order valence-corrected chi connectivity index (χ2v) is 5.73. The number of anilines is 1. The van der Waals surface area contributed by atoms with Gasteiger partial charge in [-0.2, -0.15) is 10.2 Å². The Morgan fingerprint density at radius 2 is 1.92 bits per heavy atom. The first-order chi connectivity index (χ1) is 12.7. The molecular formula is C17H12ClN7O. The molecule has 4 aromatic rings. The molecule has 26 heavy (non-hydrogen) atoms. The van der Waals surface area contributed by atoms with Crippen LogP contribution in [0.25, 0.3) is 11.5 Å². The van der Waals surface area contributed by atoms with Gasteiger partial charge in [-0.3, -0.25) is 4.79 Å². The van der Waals surface area contributed by atoms with E-state index in [0.29, 0.717) is 27.8 Å². The van der Waals surface area contributed by atoms with Gasteiger partial charge in [0.1, 0.15) is 12.7 Å². The van der Waals surface area contributed by atoms with Crippen molar-refractivity contribution in [1.29, 1.82) is 0 Å². The van der Waals surface area contributed by atoms with Gasteiger partial charge in [0.05, 0.1) is 34.4 Å². The molecule has 0 atom stereocenters. The summed E-state index contributed by atoms with van der Waals surface area (Å²) in [6.07, 6.45) is 7.62. The van der Waals surface area contributed by atoms with Crippen molar-refractivity contribution in [3.63, 3.8) is 0 Å². The van der Waals surface area contributed by atoms with Crippen molar-refractivity contribution in [1.82, 2.24) is 29.5 Å². The molecule has 0 saturated carbocycles. The molecular weight excluding hydrogens is 354 g/mol. The largest absolute Gasteiger partial charge is 0.320 e. The summed E-state index contributed by atoms with van der Waals surface area (Å²) in [6.45, 7) is 0. The molecule has 128 valence electrons. The highest BCUT2D eigenvalue weighted by Gasteiger charge is 2.11. The number of pyridine rings is 1. The minimum Gasteiger partial charge on any atom is -0.320 e. The van der Waals surface area contributed by atoms with E-state index in [0.717, 1.165) is 0 Å². The molecule has 9 heteroatoms. The molecule has 3 aromatic heterocycles. The first kappa shape index (κ1) is 16.0. The van der Waals surface area contributed by atoms with Crippen molar-refractivity contribution in [2.75, 3.05) is 5.32 Å². The maximum Gasteiger partial charge on any atom is 0.258 e. The van der Waals surface area contributed by atoms with E-state index in [1.54, 1.807) is 41.6 Å². The number of nitrogens with zero attached hydrogens (tertiary/aromatic N) is 6. The summed E-state index contributed by atoms with van der Waals surface area (Å²) < 4.78 is 3.09. The Balaban J connectivity index is 1.49. The summed E-state index contributed by atoms with van der Waals surface area (Å²) >= 11 is 6.15. The Kier molecular flexibility index (Phi) is 4.16. The van der Waals surface area contributed by atoms with Crippen LogP contribution in [0.3, 0.4) is 0 Å². The number of para-hydroxylation sites is 1. The third-order valence-corrected chi connectivity index (χ3v) is 3.92. The molecule has 3 heterocycles. The number of amides is 1. The summed E-state index contributed by atoms with van der Waals surface area (Å²) in [5.41, 5.74) is 1.67. The second-order valence-electron chi connectivity index (χ2n) is 5.32. The number of halogens is 1. The van der Waals surface area contributed by atoms with Gasteiger partial charge in [0, 0.05) is 6.20 Å². The van der Waals surface area contributed by atoms with E-state index in [-0.39, 0.29) is 5.91 Å². The molecule has 8 nitrogen and oxygen atoms in total. The van der Waals surface area contributed by atoms with Crippen LogP contribution in [0, 0.1) is 0 Å². The Morgan fingerprint density at radius 3 is 2.65 bits per heavy atom. The second kappa shape index (κ2) is 6.77. The molecule has 0 aliphatic heterocycles. The normalized spacial score (nSPS) is 10.7. The minimum atomic E-state index is -0.293. The van der Waals surface area contributed by atoms with E-state index in [9.17, 15) is 4.79 Å². The number of hydrogen-bond donors (Lipinski definition) is 1. The Labute approximate surface area is 153 Å². The van der Waals surface area contributed by atoms with E-state index in [4.69, 9.17) is 11.6 Å². The molecule has 0 aliphatic rings. The van der Waals surface area contributed by atoms with Crippen molar-refractivity contribution in [3.8, 4) is 11.5 Å². The molecule has 0 spiro atoms. The van der Waals surface area contributed by atoms with E-state index in [2.05, 4.69) is 25.5 Å². The van der Waals surface area contributed by atoms with Gasteiger partial charge < -0.3 is 5.32 Å². The summed E-state index contributed by atoms with van der Waals surface area (Å²) in [5, 5.41) is 11.5. The average molecular weight is 366 g/mol. The van der Waals surface area contributed by atoms with Gasteiger partial charge in [-0.05, 0) is 24.3 Å². The summed E-state index contributed by atoms with van der Waals surface area (Å²) in [6, 6.07) is 10.7. The van der Waals surface area contributed by atoms with Crippen LogP contribution in [-0.4, -0.2) is 35.4 Å². The van der Waals surface area contributed by atoms with Gasteiger partial charge in [0.2, 0.25) is 0 Å². The molecule has 1 amide bonds. The zero-order valence-corrected chi connectivity index (χ0v) is 14.1. The lowest BCUT2D eigenvalue weighted by atomic mass is 10.3. The predicted octanol–water partition coefficient (Wildman–Crippen LogP) is 2.75. The highest BCUT2D eigenvalue weighted by Crippen LogP contribution is 2.19. The lowest BCUT2D eigenvalue weighted by Gasteiger charge is -2.05. The standard InChI is InChI=1S/C17H12ClN7O/c18-14-3-1-2-4-15(14)24-9-12(7-21-24)17(26)23-13-5-6-16(20-8-13)25-11-19-10-22-25/h1-11H,(H,23,26). The molecule has 0 bridgehead atoms. The van der Waals surface area contributed by atoms with Crippen LogP contribution < -0.4 is 5.32 Å². The number of carbonyl (C=O) groups is 1. The van der Waals surface area contributed by atoms with E-state index >= 15 is 0 Å². The quantitative estimate of drug-likeness (QED) is 0.600. The lowest BCUT2D eigenvalue weighted by molar-refractivity contribution is 0.102. The van der Waals surface area contributed by atoms with Gasteiger partial charge in [-0.1, -0.05) is 23.7 Å². The van der Waals surface area contributed by atoms with Crippen molar-refractivity contribution in [3.05, 3.63) is 78.2 Å². The molecule has 0 unspecified atom stereocenters. The SMILES string of the molecule is O=C(Nc1ccc(-n2cncn2)nc1)c1cnn(-c2ccccc2Cl)c1. The fourth-order valence-electron chi connectivity index (χ4n) is 2.33. The summed E-state index contributed by atoms with van der Waals surface area (Å²) in [7, 11) is 0. The van der Waals surface area contributed by atoms with Gasteiger partial charge in [-0.15, -0.1) is 0 Å². The minimum absolute atomic E-state index is 0.293. The van der Waals surface area contributed by atoms with E-state index in [1.807, 2.05) is 18.2 Å². The molecule has 0 radical (unpaired) electrons. The molecule has 0 saturated heterocycles. The van der Waals surface area contributed by atoms with Crippen LogP contribution in [0.5, 0.6) is 0 Å². The number of hydrogen-bond acceptors (Lipinski definition) is 5. The van der Waals surface area contributed by atoms with Crippen molar-refractivity contribution >= 4 is 23.2 Å². The van der Waals surface area contributed by atoms with Gasteiger partial charge in [0.25, 0.3) is 5.91 Å². The summed E-state index contributed by atoms with van der Waals surface area (Å²) in [4.78, 5) is 20.5. The zero-order chi connectivity index (χ0) is 17.9. The summed E-state index contributed by atoms with van der Waals surface area (Å²) in [5.74, 6) is 0.311. The van der Waals surface area contributed by atoms with Crippen molar-refractivity contribution in [2.24, 2.45) is 0 Å². The maximum absolute atomic E-state index is 12.4. The topological polar surface area (TPSA) is 90.5 Å². The maximum atomic E-state index is 12.4. The highest BCUT2D eigenvalue weighted by atomic mass is 35.5. The number of nitrogens with one attached hydrogen (secondary N) is 1. The van der Waals surface area contributed by atoms with Gasteiger partial charge in [-0.25, -0.2) is 19.3 Å². The van der Waals surface area contributed by atoms with Crippen LogP contribution in [-0.2, 0) is 0 Å². The zero-order valence-electron chi connectivity index (χ0n) is 13.3.